The minimum Gasteiger partial charge on any atom is -0.497 e. The number of nitrogens with two attached hydrogens (primary N) is 1. The Morgan fingerprint density at radius 1 is 1.38 bits per heavy atom. The van der Waals surface area contributed by atoms with Crippen LogP contribution in [-0.4, -0.2) is 25.2 Å². The molecule has 84 valence electrons. The van der Waals surface area contributed by atoms with Crippen LogP contribution in [0.1, 0.15) is 0 Å². The predicted molar refractivity (Wildman–Crippen MR) is 65.8 cm³/mol. The zero-order valence-electron chi connectivity index (χ0n) is 9.23. The first-order valence-corrected chi connectivity index (χ1v) is 5.22. The Labute approximate surface area is 94.4 Å². The van der Waals surface area contributed by atoms with Crippen molar-refractivity contribution in [3.63, 3.8) is 0 Å². The summed E-state index contributed by atoms with van der Waals surface area (Å²) in [4.78, 5) is 4.30. The van der Waals surface area contributed by atoms with Crippen molar-refractivity contribution < 1.29 is 4.74 Å². The highest BCUT2D eigenvalue weighted by atomic mass is 16.5. The van der Waals surface area contributed by atoms with E-state index in [0.29, 0.717) is 6.54 Å². The molecule has 0 fully saturated rings. The molecular formula is C12H15N3O. The number of aromatic nitrogens is 1. The van der Waals surface area contributed by atoms with Gasteiger partial charge in [0, 0.05) is 30.4 Å². The molecule has 2 rings (SSSR count). The predicted octanol–water partition coefficient (Wildman–Crippen LogP) is 1.61. The number of pyridine rings is 1. The number of rotatable bonds is 4. The molecule has 2 aromatic rings. The van der Waals surface area contributed by atoms with Crippen LogP contribution in [0, 0.1) is 0 Å². The Kier molecular flexibility index (Phi) is 3.22. The smallest absolute Gasteiger partial charge is 0.119 e. The molecule has 0 aliphatic heterocycles. The lowest BCUT2D eigenvalue weighted by Gasteiger charge is -2.09. The summed E-state index contributed by atoms with van der Waals surface area (Å²) in [6.45, 7) is 1.35. The molecule has 0 spiro atoms. The lowest BCUT2D eigenvalue weighted by molar-refractivity contribution is 0.415. The normalized spacial score (nSPS) is 10.4. The monoisotopic (exact) mass is 217 g/mol. The van der Waals surface area contributed by atoms with E-state index in [9.17, 15) is 0 Å². The highest BCUT2D eigenvalue weighted by molar-refractivity contribution is 5.92. The Hall–Kier alpha value is -1.81. The van der Waals surface area contributed by atoms with Gasteiger partial charge in [-0.3, -0.25) is 4.98 Å². The van der Waals surface area contributed by atoms with Gasteiger partial charge in [0.1, 0.15) is 5.75 Å². The SMILES string of the molecule is COc1ccc2nccc(NCCN)c2c1. The van der Waals surface area contributed by atoms with Crippen LogP contribution in [0.4, 0.5) is 5.69 Å². The summed E-state index contributed by atoms with van der Waals surface area (Å²) >= 11 is 0. The Morgan fingerprint density at radius 3 is 3.00 bits per heavy atom. The van der Waals surface area contributed by atoms with Crippen molar-refractivity contribution in [1.82, 2.24) is 4.98 Å². The number of hydrogen-bond donors (Lipinski definition) is 2. The topological polar surface area (TPSA) is 60.2 Å². The van der Waals surface area contributed by atoms with Gasteiger partial charge in [0.05, 0.1) is 12.6 Å². The van der Waals surface area contributed by atoms with Crippen LogP contribution < -0.4 is 15.8 Å². The standard InChI is InChI=1S/C12H15N3O/c1-16-9-2-3-11-10(8-9)12(4-6-14-11)15-7-5-13/h2-4,6,8H,5,7,13H2,1H3,(H,14,15). The van der Waals surface area contributed by atoms with Crippen LogP contribution in [0.15, 0.2) is 30.5 Å². The molecule has 1 heterocycles. The summed E-state index contributed by atoms with van der Waals surface area (Å²) < 4.78 is 5.20. The van der Waals surface area contributed by atoms with Crippen molar-refractivity contribution in [3.8, 4) is 5.75 Å². The first kappa shape index (κ1) is 10.7. The fourth-order valence-electron chi connectivity index (χ4n) is 1.61. The summed E-state index contributed by atoms with van der Waals surface area (Å²) in [5, 5.41) is 4.32. The van der Waals surface area contributed by atoms with Gasteiger partial charge in [0.15, 0.2) is 0 Å². The molecule has 0 amide bonds. The number of benzene rings is 1. The summed E-state index contributed by atoms with van der Waals surface area (Å²) in [7, 11) is 1.66. The van der Waals surface area contributed by atoms with E-state index in [-0.39, 0.29) is 0 Å². The number of hydrogen-bond acceptors (Lipinski definition) is 4. The maximum absolute atomic E-state index is 5.47. The highest BCUT2D eigenvalue weighted by Gasteiger charge is 2.02. The second-order valence-corrected chi connectivity index (χ2v) is 3.46. The molecule has 3 N–H and O–H groups in total. The zero-order valence-corrected chi connectivity index (χ0v) is 9.23. The third-order valence-electron chi connectivity index (χ3n) is 2.41. The average Bonchev–Trinajstić information content (AvgIpc) is 2.35. The van der Waals surface area contributed by atoms with E-state index in [1.807, 2.05) is 24.3 Å². The van der Waals surface area contributed by atoms with Crippen molar-refractivity contribution in [1.29, 1.82) is 0 Å². The van der Waals surface area contributed by atoms with E-state index in [1.54, 1.807) is 13.3 Å². The molecule has 4 heteroatoms. The number of fused-ring (bicyclic) bond motifs is 1. The largest absolute Gasteiger partial charge is 0.497 e. The summed E-state index contributed by atoms with van der Waals surface area (Å²) in [5.41, 5.74) is 7.46. The van der Waals surface area contributed by atoms with E-state index in [2.05, 4.69) is 10.3 Å². The van der Waals surface area contributed by atoms with E-state index >= 15 is 0 Å². The van der Waals surface area contributed by atoms with Crippen molar-refractivity contribution in [3.05, 3.63) is 30.5 Å². The van der Waals surface area contributed by atoms with Gasteiger partial charge in [0.2, 0.25) is 0 Å². The third-order valence-corrected chi connectivity index (χ3v) is 2.41. The van der Waals surface area contributed by atoms with Gasteiger partial charge in [-0.05, 0) is 24.3 Å². The van der Waals surface area contributed by atoms with E-state index < -0.39 is 0 Å². The maximum Gasteiger partial charge on any atom is 0.119 e. The van der Waals surface area contributed by atoms with Gasteiger partial charge in [-0.15, -0.1) is 0 Å². The molecule has 4 nitrogen and oxygen atoms in total. The number of nitrogens with one attached hydrogen (secondary N) is 1. The van der Waals surface area contributed by atoms with Gasteiger partial charge in [-0.2, -0.15) is 0 Å². The number of nitrogens with zero attached hydrogens (tertiary/aromatic N) is 1. The molecule has 0 bridgehead atoms. The average molecular weight is 217 g/mol. The Balaban J connectivity index is 2.46. The lowest BCUT2D eigenvalue weighted by Crippen LogP contribution is -2.13. The zero-order chi connectivity index (χ0) is 11.4. The number of ether oxygens (including phenoxy) is 1. The van der Waals surface area contributed by atoms with Crippen molar-refractivity contribution >= 4 is 16.6 Å². The fourth-order valence-corrected chi connectivity index (χ4v) is 1.61. The molecule has 0 aliphatic rings. The quantitative estimate of drug-likeness (QED) is 0.817. The lowest BCUT2D eigenvalue weighted by atomic mass is 10.2. The molecule has 0 saturated heterocycles. The van der Waals surface area contributed by atoms with Gasteiger partial charge in [-0.25, -0.2) is 0 Å². The van der Waals surface area contributed by atoms with Crippen molar-refractivity contribution in [2.24, 2.45) is 5.73 Å². The minimum atomic E-state index is 0.605. The van der Waals surface area contributed by atoms with Crippen LogP contribution >= 0.6 is 0 Å². The summed E-state index contributed by atoms with van der Waals surface area (Å²) in [5.74, 6) is 0.830. The first-order valence-electron chi connectivity index (χ1n) is 5.22. The minimum absolute atomic E-state index is 0.605. The van der Waals surface area contributed by atoms with E-state index in [4.69, 9.17) is 10.5 Å². The van der Waals surface area contributed by atoms with Crippen molar-refractivity contribution in [2.45, 2.75) is 0 Å². The second-order valence-electron chi connectivity index (χ2n) is 3.46. The second kappa shape index (κ2) is 4.81. The van der Waals surface area contributed by atoms with Crippen LogP contribution in [0.25, 0.3) is 10.9 Å². The molecular weight excluding hydrogens is 202 g/mol. The molecule has 0 unspecified atom stereocenters. The number of methoxy groups -OCH3 is 1. The molecule has 0 atom stereocenters. The third kappa shape index (κ3) is 2.06. The van der Waals surface area contributed by atoms with Gasteiger partial charge in [-0.1, -0.05) is 0 Å². The molecule has 1 aromatic heterocycles. The van der Waals surface area contributed by atoms with Gasteiger partial charge >= 0.3 is 0 Å². The first-order chi connectivity index (χ1) is 7.85. The molecule has 1 aromatic carbocycles. The summed E-state index contributed by atoms with van der Waals surface area (Å²) in [6.07, 6.45) is 1.79. The van der Waals surface area contributed by atoms with Crippen LogP contribution in [0.5, 0.6) is 5.75 Å². The van der Waals surface area contributed by atoms with Gasteiger partial charge in [0.25, 0.3) is 0 Å². The Bertz CT molecular complexity index is 485. The Morgan fingerprint density at radius 2 is 2.25 bits per heavy atom. The fraction of sp³-hybridized carbons (Fsp3) is 0.250. The van der Waals surface area contributed by atoms with E-state index in [1.165, 1.54) is 0 Å². The van der Waals surface area contributed by atoms with Crippen LogP contribution in [0.2, 0.25) is 0 Å². The van der Waals surface area contributed by atoms with Crippen LogP contribution in [0.3, 0.4) is 0 Å². The van der Waals surface area contributed by atoms with Crippen molar-refractivity contribution in [2.75, 3.05) is 25.5 Å². The summed E-state index contributed by atoms with van der Waals surface area (Å²) in [6, 6.07) is 7.77. The maximum atomic E-state index is 5.47. The molecule has 0 saturated carbocycles. The molecule has 0 aliphatic carbocycles. The van der Waals surface area contributed by atoms with E-state index in [0.717, 1.165) is 28.9 Å². The number of anilines is 1. The highest BCUT2D eigenvalue weighted by Crippen LogP contribution is 2.25. The van der Waals surface area contributed by atoms with Crippen LogP contribution in [-0.2, 0) is 0 Å². The molecule has 16 heavy (non-hydrogen) atoms. The van der Waals surface area contributed by atoms with Gasteiger partial charge < -0.3 is 15.8 Å². The molecule has 0 radical (unpaired) electrons.